The third-order valence-corrected chi connectivity index (χ3v) is 5.29. The number of hydrogen-bond donors (Lipinski definition) is 1. The highest BCUT2D eigenvalue weighted by Gasteiger charge is 2.24. The molecule has 1 aliphatic carbocycles. The molecule has 1 saturated carbocycles. The molecule has 1 fully saturated rings. The number of hydrogen-bond acceptors (Lipinski definition) is 3. The van der Waals surface area contributed by atoms with Crippen molar-refractivity contribution in [3.63, 3.8) is 0 Å². The Kier molecular flexibility index (Phi) is 5.37. The van der Waals surface area contributed by atoms with E-state index in [9.17, 15) is 0 Å². The Morgan fingerprint density at radius 1 is 1.23 bits per heavy atom. The van der Waals surface area contributed by atoms with Crippen molar-refractivity contribution >= 4 is 0 Å². The van der Waals surface area contributed by atoms with Crippen LogP contribution in [-0.4, -0.2) is 38.2 Å². The van der Waals surface area contributed by atoms with Crippen LogP contribution in [0.1, 0.15) is 43.2 Å². The van der Waals surface area contributed by atoms with E-state index in [1.807, 2.05) is 0 Å². The van der Waals surface area contributed by atoms with Crippen LogP contribution in [0.5, 0.6) is 5.75 Å². The topological polar surface area (TPSA) is 24.5 Å². The van der Waals surface area contributed by atoms with Gasteiger partial charge in [-0.25, -0.2) is 0 Å². The molecule has 0 amide bonds. The van der Waals surface area contributed by atoms with Gasteiger partial charge in [-0.1, -0.05) is 31.4 Å². The highest BCUT2D eigenvalue weighted by Crippen LogP contribution is 2.28. The number of likely N-dealkylation sites (N-methyl/N-ethyl adjacent to an activating group) is 1. The lowest BCUT2D eigenvalue weighted by Gasteiger charge is -2.35. The first kappa shape index (κ1) is 15.8. The standard InChI is InChI=1S/C19H30N2O/c1-21(2)18(16-6-4-3-5-7-16)14-20-13-15-8-9-19-17(12-15)10-11-22-19/h8-9,12,16,18,20H,3-7,10-11,13-14H2,1-2H3. The van der Waals surface area contributed by atoms with Crippen LogP contribution in [0.4, 0.5) is 0 Å². The third-order valence-electron chi connectivity index (χ3n) is 5.29. The van der Waals surface area contributed by atoms with E-state index in [-0.39, 0.29) is 0 Å². The maximum absolute atomic E-state index is 5.58. The molecule has 1 heterocycles. The van der Waals surface area contributed by atoms with E-state index in [2.05, 4.69) is 42.5 Å². The summed E-state index contributed by atoms with van der Waals surface area (Å²) in [6.07, 6.45) is 8.13. The molecule has 0 saturated heterocycles. The monoisotopic (exact) mass is 302 g/mol. The first-order valence-electron chi connectivity index (χ1n) is 8.86. The van der Waals surface area contributed by atoms with E-state index in [0.29, 0.717) is 6.04 Å². The molecule has 1 unspecified atom stereocenters. The summed E-state index contributed by atoms with van der Waals surface area (Å²) >= 11 is 0. The molecule has 3 heteroatoms. The van der Waals surface area contributed by atoms with E-state index in [0.717, 1.165) is 37.8 Å². The molecule has 1 aromatic carbocycles. The second-order valence-corrected chi connectivity index (χ2v) is 7.10. The highest BCUT2D eigenvalue weighted by atomic mass is 16.5. The molecule has 1 N–H and O–H groups in total. The molecule has 0 spiro atoms. The molecule has 1 aromatic rings. The maximum atomic E-state index is 5.58. The zero-order chi connectivity index (χ0) is 15.4. The molecule has 1 atom stereocenters. The fourth-order valence-corrected chi connectivity index (χ4v) is 4.00. The lowest BCUT2D eigenvalue weighted by atomic mass is 9.83. The molecule has 0 aromatic heterocycles. The summed E-state index contributed by atoms with van der Waals surface area (Å²) in [5.74, 6) is 1.95. The van der Waals surface area contributed by atoms with Gasteiger partial charge in [0.25, 0.3) is 0 Å². The summed E-state index contributed by atoms with van der Waals surface area (Å²) in [6, 6.07) is 7.30. The lowest BCUT2D eigenvalue weighted by molar-refractivity contribution is 0.166. The van der Waals surface area contributed by atoms with Crippen LogP contribution in [0.15, 0.2) is 18.2 Å². The van der Waals surface area contributed by atoms with Crippen LogP contribution in [0.25, 0.3) is 0 Å². The molecule has 122 valence electrons. The van der Waals surface area contributed by atoms with Gasteiger partial charge in [-0.3, -0.25) is 0 Å². The van der Waals surface area contributed by atoms with Crippen LogP contribution in [0.2, 0.25) is 0 Å². The number of nitrogens with zero attached hydrogens (tertiary/aromatic N) is 1. The number of fused-ring (bicyclic) bond motifs is 1. The van der Waals surface area contributed by atoms with Gasteiger partial charge in [0.1, 0.15) is 5.75 Å². The first-order valence-corrected chi connectivity index (χ1v) is 8.86. The van der Waals surface area contributed by atoms with Crippen molar-refractivity contribution in [2.45, 2.75) is 51.1 Å². The van der Waals surface area contributed by atoms with Gasteiger partial charge in [-0.15, -0.1) is 0 Å². The average Bonchev–Trinajstić information content (AvgIpc) is 2.99. The van der Waals surface area contributed by atoms with Crippen molar-refractivity contribution in [1.29, 1.82) is 0 Å². The molecule has 22 heavy (non-hydrogen) atoms. The number of nitrogens with one attached hydrogen (secondary N) is 1. The Labute approximate surface area is 135 Å². The van der Waals surface area contributed by atoms with Crippen molar-refractivity contribution in [2.75, 3.05) is 27.2 Å². The Hall–Kier alpha value is -1.06. The molecule has 3 rings (SSSR count). The van der Waals surface area contributed by atoms with Crippen molar-refractivity contribution in [2.24, 2.45) is 5.92 Å². The second kappa shape index (κ2) is 7.47. The molecule has 2 aliphatic rings. The van der Waals surface area contributed by atoms with Crippen LogP contribution < -0.4 is 10.1 Å². The summed E-state index contributed by atoms with van der Waals surface area (Å²) in [5, 5.41) is 3.69. The van der Waals surface area contributed by atoms with Crippen molar-refractivity contribution in [3.05, 3.63) is 29.3 Å². The maximum Gasteiger partial charge on any atom is 0.122 e. The van der Waals surface area contributed by atoms with Gasteiger partial charge < -0.3 is 15.0 Å². The zero-order valence-electron chi connectivity index (χ0n) is 14.1. The minimum Gasteiger partial charge on any atom is -0.493 e. The quantitative estimate of drug-likeness (QED) is 0.873. The van der Waals surface area contributed by atoms with Crippen LogP contribution in [0, 0.1) is 5.92 Å². The smallest absolute Gasteiger partial charge is 0.122 e. The Morgan fingerprint density at radius 2 is 2.05 bits per heavy atom. The number of benzene rings is 1. The lowest BCUT2D eigenvalue weighted by Crippen LogP contribution is -2.43. The van der Waals surface area contributed by atoms with Gasteiger partial charge in [0, 0.05) is 25.6 Å². The molecule has 1 aliphatic heterocycles. The summed E-state index contributed by atoms with van der Waals surface area (Å²) in [5.41, 5.74) is 2.75. The third kappa shape index (κ3) is 3.82. The zero-order valence-corrected chi connectivity index (χ0v) is 14.1. The van der Waals surface area contributed by atoms with Crippen LogP contribution in [-0.2, 0) is 13.0 Å². The largest absolute Gasteiger partial charge is 0.493 e. The van der Waals surface area contributed by atoms with Gasteiger partial charge in [0.05, 0.1) is 6.61 Å². The Bertz CT molecular complexity index is 480. The molecular formula is C19H30N2O. The van der Waals surface area contributed by atoms with Crippen LogP contribution >= 0.6 is 0 Å². The van der Waals surface area contributed by atoms with Crippen molar-refractivity contribution < 1.29 is 4.74 Å². The minimum atomic E-state index is 0.665. The van der Waals surface area contributed by atoms with Gasteiger partial charge in [-0.05, 0) is 50.0 Å². The van der Waals surface area contributed by atoms with Gasteiger partial charge >= 0.3 is 0 Å². The SMILES string of the molecule is CN(C)C(CNCc1ccc2c(c1)CCO2)C1CCCCC1. The van der Waals surface area contributed by atoms with Gasteiger partial charge in [-0.2, -0.15) is 0 Å². The van der Waals surface area contributed by atoms with E-state index in [1.54, 1.807) is 0 Å². The van der Waals surface area contributed by atoms with E-state index >= 15 is 0 Å². The average molecular weight is 302 g/mol. The summed E-state index contributed by atoms with van der Waals surface area (Å²) < 4.78 is 5.58. The van der Waals surface area contributed by atoms with Crippen LogP contribution in [0.3, 0.4) is 0 Å². The molecule has 3 nitrogen and oxygen atoms in total. The van der Waals surface area contributed by atoms with E-state index in [4.69, 9.17) is 4.74 Å². The molecule has 0 radical (unpaired) electrons. The Morgan fingerprint density at radius 3 is 2.82 bits per heavy atom. The normalized spacial score (nSPS) is 20.0. The predicted octanol–water partition coefficient (Wildman–Crippen LogP) is 3.22. The van der Waals surface area contributed by atoms with E-state index < -0.39 is 0 Å². The second-order valence-electron chi connectivity index (χ2n) is 7.10. The summed E-state index contributed by atoms with van der Waals surface area (Å²) in [6.45, 7) is 2.90. The predicted molar refractivity (Wildman–Crippen MR) is 91.4 cm³/mol. The summed E-state index contributed by atoms with van der Waals surface area (Å²) in [7, 11) is 4.46. The highest BCUT2D eigenvalue weighted by molar-refractivity contribution is 5.39. The van der Waals surface area contributed by atoms with E-state index in [1.165, 1.54) is 43.2 Å². The number of ether oxygens (including phenoxy) is 1. The molecule has 0 bridgehead atoms. The van der Waals surface area contributed by atoms with Gasteiger partial charge in [0.15, 0.2) is 0 Å². The fraction of sp³-hybridized carbons (Fsp3) is 0.684. The van der Waals surface area contributed by atoms with Gasteiger partial charge in [0.2, 0.25) is 0 Å². The number of rotatable bonds is 6. The Balaban J connectivity index is 1.51. The molecular weight excluding hydrogens is 272 g/mol. The first-order chi connectivity index (χ1) is 10.7. The van der Waals surface area contributed by atoms with Crippen molar-refractivity contribution in [1.82, 2.24) is 10.2 Å². The minimum absolute atomic E-state index is 0.665. The summed E-state index contributed by atoms with van der Waals surface area (Å²) in [4.78, 5) is 2.42. The van der Waals surface area contributed by atoms with Crippen molar-refractivity contribution in [3.8, 4) is 5.75 Å². The fourth-order valence-electron chi connectivity index (χ4n) is 4.00.